The van der Waals surface area contributed by atoms with E-state index in [1.807, 2.05) is 0 Å². The van der Waals surface area contributed by atoms with Crippen molar-refractivity contribution in [3.63, 3.8) is 0 Å². The zero-order valence-corrected chi connectivity index (χ0v) is 15.3. The largest absolute Gasteiger partial charge is 0.376 e. The average molecular weight is 370 g/mol. The van der Waals surface area contributed by atoms with Crippen LogP contribution in [0.2, 0.25) is 0 Å². The van der Waals surface area contributed by atoms with Gasteiger partial charge in [-0.05, 0) is 37.3 Å². The van der Waals surface area contributed by atoms with Crippen LogP contribution in [0.4, 0.5) is 0 Å². The molecular formula is C17H26N2O5S. The molecule has 2 atom stereocenters. The van der Waals surface area contributed by atoms with Gasteiger partial charge in [0.2, 0.25) is 15.9 Å². The molecule has 0 aliphatic carbocycles. The van der Waals surface area contributed by atoms with E-state index in [9.17, 15) is 13.2 Å². The van der Waals surface area contributed by atoms with Gasteiger partial charge in [0.05, 0.1) is 18.5 Å². The van der Waals surface area contributed by atoms with Gasteiger partial charge in [0.1, 0.15) is 6.10 Å². The molecular weight excluding hydrogens is 344 g/mol. The van der Waals surface area contributed by atoms with Gasteiger partial charge in [0.15, 0.2) is 0 Å². The third-order valence-electron chi connectivity index (χ3n) is 4.03. The van der Waals surface area contributed by atoms with Crippen LogP contribution in [0.3, 0.4) is 0 Å². The molecule has 7 nitrogen and oxygen atoms in total. The number of hydrogen-bond donors (Lipinski definition) is 2. The second-order valence-corrected chi connectivity index (χ2v) is 7.92. The minimum absolute atomic E-state index is 0.0790. The Morgan fingerprint density at radius 2 is 2.00 bits per heavy atom. The van der Waals surface area contributed by atoms with Crippen molar-refractivity contribution in [1.82, 2.24) is 5.32 Å². The lowest BCUT2D eigenvalue weighted by Crippen LogP contribution is -2.36. The average Bonchev–Trinajstić information content (AvgIpc) is 2.58. The Balaban J connectivity index is 1.73. The number of amides is 1. The van der Waals surface area contributed by atoms with E-state index >= 15 is 0 Å². The number of sulfonamides is 1. The van der Waals surface area contributed by atoms with Gasteiger partial charge in [-0.25, -0.2) is 13.6 Å². The number of carbonyl (C=O) groups excluding carboxylic acids is 1. The minimum Gasteiger partial charge on any atom is -0.376 e. The van der Waals surface area contributed by atoms with Crippen LogP contribution in [0.5, 0.6) is 0 Å². The third kappa shape index (κ3) is 7.52. The van der Waals surface area contributed by atoms with Gasteiger partial charge in [0, 0.05) is 13.2 Å². The molecule has 1 aromatic rings. The molecule has 8 heteroatoms. The number of ether oxygens (including phenoxy) is 2. The highest BCUT2D eigenvalue weighted by atomic mass is 32.2. The quantitative estimate of drug-likeness (QED) is 0.711. The fourth-order valence-corrected chi connectivity index (χ4v) is 3.24. The summed E-state index contributed by atoms with van der Waals surface area (Å²) >= 11 is 0. The number of nitrogens with two attached hydrogens (primary N) is 1. The van der Waals surface area contributed by atoms with Crippen molar-refractivity contribution in [2.45, 2.75) is 50.7 Å². The van der Waals surface area contributed by atoms with E-state index in [2.05, 4.69) is 5.32 Å². The summed E-state index contributed by atoms with van der Waals surface area (Å²) in [5, 5.41) is 7.82. The van der Waals surface area contributed by atoms with E-state index in [1.54, 1.807) is 31.2 Å². The zero-order valence-electron chi connectivity index (χ0n) is 14.4. The molecule has 1 aliphatic rings. The molecule has 0 spiro atoms. The van der Waals surface area contributed by atoms with Crippen molar-refractivity contribution >= 4 is 15.9 Å². The molecule has 0 bridgehead atoms. The Bertz CT molecular complexity index is 654. The number of hydrogen-bond acceptors (Lipinski definition) is 5. The first-order chi connectivity index (χ1) is 11.8. The Morgan fingerprint density at radius 3 is 2.60 bits per heavy atom. The first kappa shape index (κ1) is 19.8. The first-order valence-electron chi connectivity index (χ1n) is 8.43. The number of carbonyl (C=O) groups is 1. The Labute approximate surface area is 148 Å². The molecule has 1 amide bonds. The second kappa shape index (κ2) is 9.28. The molecule has 3 N–H and O–H groups in total. The summed E-state index contributed by atoms with van der Waals surface area (Å²) in [5.74, 6) is -0.391. The van der Waals surface area contributed by atoms with Crippen molar-refractivity contribution in [1.29, 1.82) is 0 Å². The van der Waals surface area contributed by atoms with Crippen LogP contribution in [0.25, 0.3) is 0 Å². The van der Waals surface area contributed by atoms with Crippen molar-refractivity contribution < 1.29 is 22.7 Å². The van der Waals surface area contributed by atoms with Crippen LogP contribution < -0.4 is 10.5 Å². The normalized spacial score (nSPS) is 19.4. The third-order valence-corrected chi connectivity index (χ3v) is 4.77. The lowest BCUT2D eigenvalue weighted by atomic mass is 10.1. The molecule has 1 aliphatic heterocycles. The Hall–Kier alpha value is -1.48. The maximum atomic E-state index is 12.1. The topological polar surface area (TPSA) is 108 Å². The summed E-state index contributed by atoms with van der Waals surface area (Å²) in [5.41, 5.74) is 1.48. The maximum absolute atomic E-state index is 12.1. The number of rotatable bonds is 8. The first-order valence-corrected chi connectivity index (χ1v) is 10.1. The van der Waals surface area contributed by atoms with E-state index in [0.717, 1.165) is 31.4 Å². The molecule has 0 radical (unpaired) electrons. The van der Waals surface area contributed by atoms with E-state index in [-0.39, 0.29) is 17.8 Å². The van der Waals surface area contributed by atoms with Crippen LogP contribution in [0, 0.1) is 0 Å². The Morgan fingerprint density at radius 1 is 1.32 bits per heavy atom. The fourth-order valence-electron chi connectivity index (χ4n) is 2.58. The van der Waals surface area contributed by atoms with Crippen molar-refractivity contribution in [3.05, 3.63) is 35.4 Å². The summed E-state index contributed by atoms with van der Waals surface area (Å²) in [7, 11) is -3.54. The standard InChI is InChI=1S/C17H26N2O5S/c1-13(24-11-16-4-2-3-9-23-16)17(20)19-10-14-5-7-15(8-6-14)12-25(18,21)22/h5-8,13,16H,2-4,9-12H2,1H3,(H,19,20)(H2,18,21,22). The number of benzene rings is 1. The Kier molecular flexibility index (Phi) is 7.37. The molecule has 2 rings (SSSR count). The van der Waals surface area contributed by atoms with Crippen LogP contribution >= 0.6 is 0 Å². The van der Waals surface area contributed by atoms with Crippen molar-refractivity contribution in [2.75, 3.05) is 13.2 Å². The highest BCUT2D eigenvalue weighted by Crippen LogP contribution is 2.13. The molecule has 1 saturated heterocycles. The van der Waals surface area contributed by atoms with Crippen molar-refractivity contribution in [2.24, 2.45) is 5.14 Å². The SMILES string of the molecule is CC(OCC1CCCCO1)C(=O)NCc1ccc(CS(N)(=O)=O)cc1. The maximum Gasteiger partial charge on any atom is 0.249 e. The molecule has 25 heavy (non-hydrogen) atoms. The molecule has 1 heterocycles. The van der Waals surface area contributed by atoms with Gasteiger partial charge in [0.25, 0.3) is 0 Å². The summed E-state index contributed by atoms with van der Waals surface area (Å²) in [6.45, 7) is 3.25. The van der Waals surface area contributed by atoms with Gasteiger partial charge in [-0.15, -0.1) is 0 Å². The van der Waals surface area contributed by atoms with E-state index in [1.165, 1.54) is 0 Å². The lowest BCUT2D eigenvalue weighted by Gasteiger charge is -2.23. The van der Waals surface area contributed by atoms with Crippen LogP contribution in [-0.2, 0) is 36.6 Å². The predicted octanol–water partition coefficient (Wildman–Crippen LogP) is 1.07. The van der Waals surface area contributed by atoms with E-state index in [0.29, 0.717) is 18.7 Å². The molecule has 1 fully saturated rings. The number of primary sulfonamides is 1. The monoisotopic (exact) mass is 370 g/mol. The minimum atomic E-state index is -3.54. The summed E-state index contributed by atoms with van der Waals surface area (Å²) in [4.78, 5) is 12.1. The van der Waals surface area contributed by atoms with Crippen molar-refractivity contribution in [3.8, 4) is 0 Å². The van der Waals surface area contributed by atoms with E-state index < -0.39 is 16.1 Å². The van der Waals surface area contributed by atoms with Gasteiger partial charge < -0.3 is 14.8 Å². The highest BCUT2D eigenvalue weighted by Gasteiger charge is 2.18. The summed E-state index contributed by atoms with van der Waals surface area (Å²) < 4.78 is 33.3. The molecule has 0 aromatic heterocycles. The van der Waals surface area contributed by atoms with Gasteiger partial charge in [-0.2, -0.15) is 0 Å². The zero-order chi connectivity index (χ0) is 18.3. The van der Waals surface area contributed by atoms with Gasteiger partial charge in [-0.1, -0.05) is 24.3 Å². The molecule has 2 unspecified atom stereocenters. The predicted molar refractivity (Wildman–Crippen MR) is 94.1 cm³/mol. The molecule has 140 valence electrons. The lowest BCUT2D eigenvalue weighted by molar-refractivity contribution is -0.135. The molecule has 0 saturated carbocycles. The van der Waals surface area contributed by atoms with Gasteiger partial charge >= 0.3 is 0 Å². The molecule has 1 aromatic carbocycles. The number of nitrogens with one attached hydrogen (secondary N) is 1. The summed E-state index contributed by atoms with van der Waals surface area (Å²) in [6.07, 6.45) is 2.72. The highest BCUT2D eigenvalue weighted by molar-refractivity contribution is 7.88. The van der Waals surface area contributed by atoms with Crippen LogP contribution in [0.1, 0.15) is 37.3 Å². The van der Waals surface area contributed by atoms with E-state index in [4.69, 9.17) is 14.6 Å². The smallest absolute Gasteiger partial charge is 0.249 e. The van der Waals surface area contributed by atoms with Crippen LogP contribution in [-0.4, -0.2) is 39.7 Å². The van der Waals surface area contributed by atoms with Gasteiger partial charge in [-0.3, -0.25) is 4.79 Å². The van der Waals surface area contributed by atoms with Crippen LogP contribution in [0.15, 0.2) is 24.3 Å². The second-order valence-electron chi connectivity index (χ2n) is 6.31. The fraction of sp³-hybridized carbons (Fsp3) is 0.588. The summed E-state index contributed by atoms with van der Waals surface area (Å²) in [6, 6.07) is 6.91.